The number of para-hydroxylation sites is 1. The zero-order chi connectivity index (χ0) is 18.5. The molecule has 0 saturated heterocycles. The van der Waals surface area contributed by atoms with E-state index in [4.69, 9.17) is 16.3 Å². The van der Waals surface area contributed by atoms with E-state index in [0.717, 1.165) is 11.3 Å². The summed E-state index contributed by atoms with van der Waals surface area (Å²) in [5.41, 5.74) is 1.69. The van der Waals surface area contributed by atoms with Crippen molar-refractivity contribution in [1.29, 1.82) is 0 Å². The van der Waals surface area contributed by atoms with Crippen LogP contribution in [0.4, 0.5) is 5.69 Å². The van der Waals surface area contributed by atoms with Crippen LogP contribution in [0.1, 0.15) is 12.0 Å². The fourth-order valence-corrected chi connectivity index (χ4v) is 3.13. The standard InChI is InChI=1S/C20H21ClN2O3/c1-26-18-8-3-2-5-13(18)9-10-22-19(24)16-12-17(16)20(25)23-15-7-4-6-14(21)11-15/h2-8,11,16-17H,9-10,12H2,1H3,(H,22,24)(H,23,25). The molecule has 0 aromatic heterocycles. The maximum absolute atomic E-state index is 12.2. The van der Waals surface area contributed by atoms with Crippen molar-refractivity contribution in [3.63, 3.8) is 0 Å². The molecular weight excluding hydrogens is 352 g/mol. The average molecular weight is 373 g/mol. The molecule has 0 spiro atoms. The lowest BCUT2D eigenvalue weighted by Crippen LogP contribution is -2.29. The summed E-state index contributed by atoms with van der Waals surface area (Å²) in [4.78, 5) is 24.5. The molecule has 6 heteroatoms. The SMILES string of the molecule is COc1ccccc1CCNC(=O)C1CC1C(=O)Nc1cccc(Cl)c1. The van der Waals surface area contributed by atoms with Crippen LogP contribution in [-0.4, -0.2) is 25.5 Å². The molecule has 1 aliphatic carbocycles. The van der Waals surface area contributed by atoms with Crippen molar-refractivity contribution < 1.29 is 14.3 Å². The fourth-order valence-electron chi connectivity index (χ4n) is 2.94. The van der Waals surface area contributed by atoms with Gasteiger partial charge in [0.2, 0.25) is 11.8 Å². The normalized spacial score (nSPS) is 18.1. The van der Waals surface area contributed by atoms with Crippen molar-refractivity contribution in [3.8, 4) is 5.75 Å². The van der Waals surface area contributed by atoms with Gasteiger partial charge in [-0.05, 0) is 42.7 Å². The molecule has 0 radical (unpaired) electrons. The first-order valence-corrected chi connectivity index (χ1v) is 8.92. The number of benzene rings is 2. The summed E-state index contributed by atoms with van der Waals surface area (Å²) < 4.78 is 5.30. The lowest BCUT2D eigenvalue weighted by atomic mass is 10.1. The Morgan fingerprint density at radius 3 is 2.65 bits per heavy atom. The van der Waals surface area contributed by atoms with Gasteiger partial charge in [0, 0.05) is 17.3 Å². The maximum Gasteiger partial charge on any atom is 0.228 e. The molecule has 2 aromatic carbocycles. The molecule has 1 aliphatic rings. The highest BCUT2D eigenvalue weighted by Gasteiger charge is 2.47. The Bertz CT molecular complexity index is 809. The Kier molecular flexibility index (Phi) is 5.78. The van der Waals surface area contributed by atoms with E-state index in [-0.39, 0.29) is 23.7 Å². The first kappa shape index (κ1) is 18.3. The van der Waals surface area contributed by atoms with E-state index in [1.165, 1.54) is 0 Å². The zero-order valence-electron chi connectivity index (χ0n) is 14.5. The molecule has 0 aliphatic heterocycles. The van der Waals surface area contributed by atoms with Crippen LogP contribution in [-0.2, 0) is 16.0 Å². The van der Waals surface area contributed by atoms with E-state index in [1.54, 1.807) is 31.4 Å². The first-order chi connectivity index (χ1) is 12.6. The highest BCUT2D eigenvalue weighted by molar-refractivity contribution is 6.30. The molecule has 2 amide bonds. The van der Waals surface area contributed by atoms with E-state index in [0.29, 0.717) is 30.1 Å². The summed E-state index contributed by atoms with van der Waals surface area (Å²) >= 11 is 5.91. The molecular formula is C20H21ClN2O3. The van der Waals surface area contributed by atoms with Gasteiger partial charge >= 0.3 is 0 Å². The number of rotatable bonds is 7. The second-order valence-corrected chi connectivity index (χ2v) is 6.74. The monoisotopic (exact) mass is 372 g/mol. The Labute approximate surface area is 157 Å². The molecule has 2 atom stereocenters. The van der Waals surface area contributed by atoms with Crippen molar-refractivity contribution in [2.24, 2.45) is 11.8 Å². The smallest absolute Gasteiger partial charge is 0.228 e. The van der Waals surface area contributed by atoms with E-state index in [2.05, 4.69) is 10.6 Å². The number of ether oxygens (including phenoxy) is 1. The lowest BCUT2D eigenvalue weighted by Gasteiger charge is -2.09. The Balaban J connectivity index is 1.44. The van der Waals surface area contributed by atoms with Crippen LogP contribution in [0.15, 0.2) is 48.5 Å². The van der Waals surface area contributed by atoms with Crippen molar-refractivity contribution >= 4 is 29.1 Å². The molecule has 0 heterocycles. The van der Waals surface area contributed by atoms with Crippen LogP contribution in [0.3, 0.4) is 0 Å². The average Bonchev–Trinajstić information content (AvgIpc) is 3.43. The van der Waals surface area contributed by atoms with Crippen molar-refractivity contribution in [3.05, 3.63) is 59.1 Å². The summed E-state index contributed by atoms with van der Waals surface area (Å²) in [7, 11) is 1.63. The summed E-state index contributed by atoms with van der Waals surface area (Å²) in [5.74, 6) is 0.0577. The summed E-state index contributed by atoms with van der Waals surface area (Å²) in [6.45, 7) is 0.512. The number of hydrogen-bond acceptors (Lipinski definition) is 3. The second kappa shape index (κ2) is 8.23. The Hall–Kier alpha value is -2.53. The quantitative estimate of drug-likeness (QED) is 0.783. The van der Waals surface area contributed by atoms with Gasteiger partial charge < -0.3 is 15.4 Å². The third-order valence-electron chi connectivity index (χ3n) is 4.44. The Morgan fingerprint density at radius 1 is 1.12 bits per heavy atom. The molecule has 0 bridgehead atoms. The summed E-state index contributed by atoms with van der Waals surface area (Å²) in [6, 6.07) is 14.7. The minimum atomic E-state index is -0.278. The van der Waals surface area contributed by atoms with Gasteiger partial charge in [0.15, 0.2) is 0 Å². The van der Waals surface area contributed by atoms with Crippen molar-refractivity contribution in [2.75, 3.05) is 19.0 Å². The number of methoxy groups -OCH3 is 1. The summed E-state index contributed by atoms with van der Waals surface area (Å²) in [6.07, 6.45) is 1.26. The van der Waals surface area contributed by atoms with E-state index in [9.17, 15) is 9.59 Å². The van der Waals surface area contributed by atoms with Crippen LogP contribution in [0.25, 0.3) is 0 Å². The van der Waals surface area contributed by atoms with Gasteiger partial charge in [-0.25, -0.2) is 0 Å². The number of hydrogen-bond donors (Lipinski definition) is 2. The van der Waals surface area contributed by atoms with Crippen LogP contribution in [0, 0.1) is 11.8 Å². The molecule has 2 N–H and O–H groups in total. The van der Waals surface area contributed by atoms with Gasteiger partial charge in [-0.15, -0.1) is 0 Å². The highest BCUT2D eigenvalue weighted by Crippen LogP contribution is 2.39. The van der Waals surface area contributed by atoms with Gasteiger partial charge in [0.25, 0.3) is 0 Å². The molecule has 2 unspecified atom stereocenters. The molecule has 1 fully saturated rings. The van der Waals surface area contributed by atoms with E-state index >= 15 is 0 Å². The molecule has 1 saturated carbocycles. The van der Waals surface area contributed by atoms with Crippen LogP contribution in [0.2, 0.25) is 5.02 Å². The first-order valence-electron chi connectivity index (χ1n) is 8.54. The minimum Gasteiger partial charge on any atom is -0.496 e. The van der Waals surface area contributed by atoms with Crippen LogP contribution >= 0.6 is 11.6 Å². The largest absolute Gasteiger partial charge is 0.496 e. The molecule has 5 nitrogen and oxygen atoms in total. The van der Waals surface area contributed by atoms with Gasteiger partial charge in [-0.3, -0.25) is 9.59 Å². The molecule has 2 aromatic rings. The van der Waals surface area contributed by atoms with Crippen molar-refractivity contribution in [2.45, 2.75) is 12.8 Å². The highest BCUT2D eigenvalue weighted by atomic mass is 35.5. The number of halogens is 1. The van der Waals surface area contributed by atoms with E-state index < -0.39 is 0 Å². The van der Waals surface area contributed by atoms with Crippen LogP contribution < -0.4 is 15.4 Å². The number of carbonyl (C=O) groups is 2. The van der Waals surface area contributed by atoms with Gasteiger partial charge in [0.05, 0.1) is 18.9 Å². The predicted octanol–water partition coefficient (Wildman–Crippen LogP) is 3.28. The minimum absolute atomic E-state index is 0.0776. The molecule has 3 rings (SSSR count). The molecule has 26 heavy (non-hydrogen) atoms. The number of amides is 2. The second-order valence-electron chi connectivity index (χ2n) is 6.30. The van der Waals surface area contributed by atoms with Gasteiger partial charge in [-0.2, -0.15) is 0 Å². The van der Waals surface area contributed by atoms with Gasteiger partial charge in [0.1, 0.15) is 5.75 Å². The fraction of sp³-hybridized carbons (Fsp3) is 0.300. The van der Waals surface area contributed by atoms with Crippen LogP contribution in [0.5, 0.6) is 5.75 Å². The number of carbonyl (C=O) groups excluding carboxylic acids is 2. The topological polar surface area (TPSA) is 67.4 Å². The number of nitrogens with one attached hydrogen (secondary N) is 2. The van der Waals surface area contributed by atoms with E-state index in [1.807, 2.05) is 24.3 Å². The predicted molar refractivity (Wildman–Crippen MR) is 101 cm³/mol. The van der Waals surface area contributed by atoms with Crippen molar-refractivity contribution in [1.82, 2.24) is 5.32 Å². The maximum atomic E-state index is 12.2. The number of anilines is 1. The van der Waals surface area contributed by atoms with Gasteiger partial charge in [-0.1, -0.05) is 35.9 Å². The lowest BCUT2D eigenvalue weighted by molar-refractivity contribution is -0.125. The third-order valence-corrected chi connectivity index (χ3v) is 4.68. The zero-order valence-corrected chi connectivity index (χ0v) is 15.3. The third kappa shape index (κ3) is 4.55. The Morgan fingerprint density at radius 2 is 1.88 bits per heavy atom. The molecule has 136 valence electrons. The summed E-state index contributed by atoms with van der Waals surface area (Å²) in [5, 5.41) is 6.27.